The second-order valence-electron chi connectivity index (χ2n) is 10.5. The largest absolute Gasteiger partial charge is 0.506 e. The fraction of sp³-hybridized carbons (Fsp3) is 0.233. The molecule has 0 aliphatic carbocycles. The average Bonchev–Trinajstić information content (AvgIpc) is 3.85. The van der Waals surface area contributed by atoms with E-state index in [0.717, 1.165) is 5.56 Å². The molecular weight excluding hydrogens is 584 g/mol. The summed E-state index contributed by atoms with van der Waals surface area (Å²) in [6.07, 6.45) is 3.04. The van der Waals surface area contributed by atoms with Gasteiger partial charge >= 0.3 is 5.97 Å². The molecule has 4 aromatic heterocycles. The van der Waals surface area contributed by atoms with E-state index in [2.05, 4.69) is 24.9 Å². The van der Waals surface area contributed by atoms with Crippen molar-refractivity contribution in [2.75, 3.05) is 39.9 Å². The van der Waals surface area contributed by atoms with Crippen molar-refractivity contribution in [3.63, 3.8) is 0 Å². The van der Waals surface area contributed by atoms with Crippen LogP contribution < -0.4 is 24.6 Å². The molecule has 45 heavy (non-hydrogen) atoms. The van der Waals surface area contributed by atoms with Crippen molar-refractivity contribution in [3.05, 3.63) is 59.4 Å². The molecule has 0 spiro atoms. The van der Waals surface area contributed by atoms with Gasteiger partial charge < -0.3 is 48.5 Å². The van der Waals surface area contributed by atoms with Gasteiger partial charge in [0.05, 0.1) is 57.8 Å². The monoisotopic (exact) mass is 612 g/mol. The number of methoxy groups -OCH3 is 4. The Labute approximate surface area is 253 Å². The third-order valence-electron chi connectivity index (χ3n) is 8.19. The van der Waals surface area contributed by atoms with E-state index in [1.807, 2.05) is 4.57 Å². The molecule has 15 nitrogen and oxygen atoms in total. The molecule has 1 atom stereocenters. The number of anilines is 1. The van der Waals surface area contributed by atoms with Crippen LogP contribution in [0.3, 0.4) is 0 Å². The summed E-state index contributed by atoms with van der Waals surface area (Å²) in [7, 11) is 5.80. The van der Waals surface area contributed by atoms with E-state index in [9.17, 15) is 14.7 Å². The first-order valence-electron chi connectivity index (χ1n) is 13.8. The zero-order valence-corrected chi connectivity index (χ0v) is 24.6. The molecule has 15 heteroatoms. The molecule has 1 aliphatic heterocycles. The van der Waals surface area contributed by atoms with E-state index in [1.165, 1.54) is 47.2 Å². The predicted octanol–water partition coefficient (Wildman–Crippen LogP) is 3.16. The maximum atomic E-state index is 14.3. The highest BCUT2D eigenvalue weighted by Gasteiger charge is 2.37. The molecule has 1 aliphatic rings. The van der Waals surface area contributed by atoms with Gasteiger partial charge in [0, 0.05) is 35.8 Å². The molecule has 5 N–H and O–H groups in total. The number of hydrogen-bond donors (Lipinski definition) is 5. The van der Waals surface area contributed by atoms with Crippen LogP contribution in [0.5, 0.6) is 23.0 Å². The van der Waals surface area contributed by atoms with Crippen LogP contribution in [0.1, 0.15) is 32.5 Å². The minimum atomic E-state index is -0.595. The number of rotatable bonds is 7. The second kappa shape index (κ2) is 10.3. The summed E-state index contributed by atoms with van der Waals surface area (Å²) in [5.74, 6) is -0.188. The number of H-pyrrole nitrogens is 3. The highest BCUT2D eigenvalue weighted by atomic mass is 16.5. The van der Waals surface area contributed by atoms with Crippen molar-refractivity contribution in [2.24, 2.45) is 0 Å². The Morgan fingerprint density at radius 3 is 2.49 bits per heavy atom. The van der Waals surface area contributed by atoms with Gasteiger partial charge in [-0.2, -0.15) is 0 Å². The Balaban J connectivity index is 1.38. The summed E-state index contributed by atoms with van der Waals surface area (Å²) >= 11 is 0. The number of phenols is 1. The van der Waals surface area contributed by atoms with Crippen LogP contribution in [0.4, 0.5) is 5.69 Å². The van der Waals surface area contributed by atoms with Gasteiger partial charge in [-0.15, -0.1) is 0 Å². The highest BCUT2D eigenvalue weighted by molar-refractivity contribution is 6.12. The number of ether oxygens (including phenoxy) is 4. The number of aromatic amines is 3. The zero-order chi connectivity index (χ0) is 31.6. The van der Waals surface area contributed by atoms with Crippen LogP contribution in [-0.2, 0) is 11.3 Å². The number of carbonyl (C=O) groups is 2. The number of fused-ring (bicyclic) bond motifs is 5. The second-order valence-corrected chi connectivity index (χ2v) is 10.5. The molecule has 230 valence electrons. The number of amides is 1. The minimum Gasteiger partial charge on any atom is -0.506 e. The van der Waals surface area contributed by atoms with E-state index in [4.69, 9.17) is 24.4 Å². The molecule has 0 saturated heterocycles. The van der Waals surface area contributed by atoms with Gasteiger partial charge in [0.2, 0.25) is 5.75 Å². The van der Waals surface area contributed by atoms with Gasteiger partial charge in [0.1, 0.15) is 22.7 Å². The summed E-state index contributed by atoms with van der Waals surface area (Å²) in [6, 6.07) is 6.59. The van der Waals surface area contributed by atoms with Gasteiger partial charge in [0.25, 0.3) is 5.91 Å². The number of esters is 1. The number of nitrogens with zero attached hydrogens (tertiary/aromatic N) is 4. The van der Waals surface area contributed by atoms with Gasteiger partial charge in [0.15, 0.2) is 22.6 Å². The standard InChI is InChI=1S/C30H28N8O7/c1-42-20-6-13-5-16(35-22(13)26(44-3)25(20)43-2)29(40)38-10-14(9-37-12-34-27(31)24-28(37)33-11-32-24)21-15-7-17(30(41)45-4)36-23(15)19(39)8-18(21)38/h5-8,11-12,14,31,35-36,39H,9-10H2,1-4H3,(H,32,33). The topological polar surface area (TPSA) is 196 Å². The summed E-state index contributed by atoms with van der Waals surface area (Å²) in [5.41, 5.74) is 3.63. The number of phenolic OH excluding ortho intramolecular Hbond substituents is 1. The molecule has 1 unspecified atom stereocenters. The van der Waals surface area contributed by atoms with E-state index in [0.29, 0.717) is 62.5 Å². The number of aromatic hydroxyl groups is 1. The van der Waals surface area contributed by atoms with Crippen molar-refractivity contribution in [1.29, 1.82) is 5.41 Å². The van der Waals surface area contributed by atoms with Crippen molar-refractivity contribution >= 4 is 50.5 Å². The highest BCUT2D eigenvalue weighted by Crippen LogP contribution is 2.47. The van der Waals surface area contributed by atoms with E-state index >= 15 is 0 Å². The lowest BCUT2D eigenvalue weighted by molar-refractivity contribution is 0.0595. The van der Waals surface area contributed by atoms with Crippen LogP contribution >= 0.6 is 0 Å². The summed E-state index contributed by atoms with van der Waals surface area (Å²) in [5, 5.41) is 20.4. The summed E-state index contributed by atoms with van der Waals surface area (Å²) in [6.45, 7) is 0.561. The van der Waals surface area contributed by atoms with Crippen LogP contribution in [0.15, 0.2) is 36.9 Å². The average molecular weight is 613 g/mol. The maximum Gasteiger partial charge on any atom is 0.354 e. The smallest absolute Gasteiger partial charge is 0.354 e. The molecule has 5 heterocycles. The molecule has 0 saturated carbocycles. The predicted molar refractivity (Wildman–Crippen MR) is 161 cm³/mol. The van der Waals surface area contributed by atoms with Crippen molar-refractivity contribution in [1.82, 2.24) is 29.5 Å². The van der Waals surface area contributed by atoms with Crippen molar-refractivity contribution in [2.45, 2.75) is 12.5 Å². The fourth-order valence-corrected chi connectivity index (χ4v) is 6.21. The first-order valence-corrected chi connectivity index (χ1v) is 13.8. The SMILES string of the molecule is COC(=O)c1cc2c3c(cc(O)c2[nH]1)N(C(=O)c1cc2cc(OC)c(OC)c(OC)c2[nH]1)CC3Cn1cnc(=N)c2[nH]cnc21. The van der Waals surface area contributed by atoms with Crippen LogP contribution in [0.2, 0.25) is 0 Å². The third kappa shape index (κ3) is 4.15. The Morgan fingerprint density at radius 2 is 1.76 bits per heavy atom. The lowest BCUT2D eigenvalue weighted by Crippen LogP contribution is -2.31. The quantitative estimate of drug-likeness (QED) is 0.168. The lowest BCUT2D eigenvalue weighted by atomic mass is 9.97. The summed E-state index contributed by atoms with van der Waals surface area (Å²) < 4.78 is 23.3. The van der Waals surface area contributed by atoms with Gasteiger partial charge in [-0.05, 0) is 23.8 Å². The molecular formula is C30H28N8O7. The number of hydrogen-bond acceptors (Lipinski definition) is 10. The van der Waals surface area contributed by atoms with Crippen LogP contribution in [0.25, 0.3) is 33.0 Å². The first kappa shape index (κ1) is 27.8. The zero-order valence-electron chi connectivity index (χ0n) is 24.6. The lowest BCUT2D eigenvalue weighted by Gasteiger charge is -2.18. The number of imidazole rings is 1. The Hall–Kier alpha value is -5.99. The summed E-state index contributed by atoms with van der Waals surface area (Å²) in [4.78, 5) is 46.0. The Morgan fingerprint density at radius 1 is 0.978 bits per heavy atom. The third-order valence-corrected chi connectivity index (χ3v) is 8.19. The molecule has 6 aromatic rings. The van der Waals surface area contributed by atoms with E-state index in [1.54, 1.807) is 23.1 Å². The number of carbonyl (C=O) groups excluding carboxylic acids is 2. The molecule has 1 amide bonds. The molecule has 2 aromatic carbocycles. The van der Waals surface area contributed by atoms with Gasteiger partial charge in [-0.3, -0.25) is 10.2 Å². The number of benzene rings is 2. The van der Waals surface area contributed by atoms with E-state index in [-0.39, 0.29) is 41.0 Å². The normalized spacial score (nSPS) is 14.3. The van der Waals surface area contributed by atoms with Crippen molar-refractivity contribution in [3.8, 4) is 23.0 Å². The van der Waals surface area contributed by atoms with Crippen LogP contribution in [-0.4, -0.2) is 81.5 Å². The number of nitrogens with one attached hydrogen (secondary N) is 4. The minimum absolute atomic E-state index is 0.0607. The Kier molecular flexibility index (Phi) is 6.38. The fourth-order valence-electron chi connectivity index (χ4n) is 6.21. The maximum absolute atomic E-state index is 14.3. The molecule has 0 bridgehead atoms. The molecule has 7 rings (SSSR count). The van der Waals surface area contributed by atoms with Gasteiger partial charge in [-0.1, -0.05) is 0 Å². The van der Waals surface area contributed by atoms with Crippen molar-refractivity contribution < 1.29 is 33.6 Å². The van der Waals surface area contributed by atoms with Crippen LogP contribution in [0, 0.1) is 5.41 Å². The Bertz CT molecular complexity index is 2230. The molecule has 0 fully saturated rings. The molecule has 0 radical (unpaired) electrons. The first-order chi connectivity index (χ1) is 21.8. The van der Waals surface area contributed by atoms with E-state index < -0.39 is 5.97 Å². The number of aromatic nitrogens is 6. The van der Waals surface area contributed by atoms with Gasteiger partial charge in [-0.25, -0.2) is 14.8 Å².